The van der Waals surface area contributed by atoms with E-state index >= 15 is 0 Å². The lowest BCUT2D eigenvalue weighted by Gasteiger charge is -2.37. The van der Waals surface area contributed by atoms with E-state index in [9.17, 15) is 4.79 Å². The molecule has 3 heteroatoms. The number of carbonyl (C=O) groups is 1. The highest BCUT2D eigenvalue weighted by Gasteiger charge is 2.34. The largest absolute Gasteiger partial charge is 0.487 e. The van der Waals surface area contributed by atoms with E-state index in [4.69, 9.17) is 4.74 Å². The first-order chi connectivity index (χ1) is 8.25. The molecule has 1 aliphatic carbocycles. The predicted octanol–water partition coefficient (Wildman–Crippen LogP) is 2.60. The van der Waals surface area contributed by atoms with E-state index in [0.717, 1.165) is 24.3 Å². The average Bonchev–Trinajstić information content (AvgIpc) is 2.25. The first-order valence-electron chi connectivity index (χ1n) is 6.33. The van der Waals surface area contributed by atoms with Crippen LogP contribution in [0.15, 0.2) is 24.3 Å². The predicted molar refractivity (Wildman–Crippen MR) is 66.2 cm³/mol. The molecule has 1 fully saturated rings. The Bertz CT molecular complexity index is 440. The van der Waals surface area contributed by atoms with Crippen molar-refractivity contribution < 1.29 is 9.53 Å². The number of anilines is 1. The summed E-state index contributed by atoms with van der Waals surface area (Å²) in [5, 5.41) is 0. The van der Waals surface area contributed by atoms with Gasteiger partial charge >= 0.3 is 0 Å². The zero-order chi connectivity index (χ0) is 11.8. The van der Waals surface area contributed by atoms with Crippen LogP contribution in [0.3, 0.4) is 0 Å². The zero-order valence-electron chi connectivity index (χ0n) is 10.1. The van der Waals surface area contributed by atoms with Gasteiger partial charge in [-0.05, 0) is 31.9 Å². The third kappa shape index (κ3) is 1.79. The molecule has 0 aromatic heterocycles. The van der Waals surface area contributed by atoms with Gasteiger partial charge in [-0.1, -0.05) is 18.6 Å². The van der Waals surface area contributed by atoms with Crippen molar-refractivity contribution in [3.8, 4) is 5.75 Å². The van der Waals surface area contributed by atoms with Crippen molar-refractivity contribution in [2.45, 2.75) is 32.3 Å². The Balaban J connectivity index is 1.91. The quantitative estimate of drug-likeness (QED) is 0.743. The molecule has 2 aliphatic rings. The molecule has 1 aromatic carbocycles. The Hall–Kier alpha value is -1.51. The first kappa shape index (κ1) is 10.6. The van der Waals surface area contributed by atoms with Crippen molar-refractivity contribution in [1.29, 1.82) is 0 Å². The molecule has 0 radical (unpaired) electrons. The second-order valence-electron chi connectivity index (χ2n) is 4.97. The van der Waals surface area contributed by atoms with Gasteiger partial charge in [-0.3, -0.25) is 4.79 Å². The van der Waals surface area contributed by atoms with E-state index in [1.54, 1.807) is 0 Å². The minimum Gasteiger partial charge on any atom is -0.487 e. The fourth-order valence-electron chi connectivity index (χ4n) is 2.47. The summed E-state index contributed by atoms with van der Waals surface area (Å²) in [6.07, 6.45) is 3.37. The van der Waals surface area contributed by atoms with Gasteiger partial charge in [0.2, 0.25) is 5.91 Å². The minimum absolute atomic E-state index is 0.0777. The molecule has 1 atom stereocenters. The summed E-state index contributed by atoms with van der Waals surface area (Å²) in [5.74, 6) is 1.35. The number of hydrogen-bond donors (Lipinski definition) is 0. The molecule has 17 heavy (non-hydrogen) atoms. The minimum atomic E-state index is 0.0777. The van der Waals surface area contributed by atoms with E-state index in [1.807, 2.05) is 36.1 Å². The lowest BCUT2D eigenvalue weighted by Crippen LogP contribution is -2.46. The number of benzene rings is 1. The maximum Gasteiger partial charge on any atom is 0.230 e. The van der Waals surface area contributed by atoms with Gasteiger partial charge in [0.15, 0.2) is 0 Å². The molecule has 0 N–H and O–H groups in total. The van der Waals surface area contributed by atoms with E-state index in [0.29, 0.717) is 6.54 Å². The Labute approximate surface area is 101 Å². The van der Waals surface area contributed by atoms with Crippen LogP contribution >= 0.6 is 0 Å². The van der Waals surface area contributed by atoms with Gasteiger partial charge in [-0.2, -0.15) is 0 Å². The van der Waals surface area contributed by atoms with Crippen molar-refractivity contribution >= 4 is 11.6 Å². The first-order valence-corrected chi connectivity index (χ1v) is 6.33. The summed E-state index contributed by atoms with van der Waals surface area (Å²) in [6, 6.07) is 7.81. The fraction of sp³-hybridized carbons (Fsp3) is 0.500. The Morgan fingerprint density at radius 1 is 1.35 bits per heavy atom. The van der Waals surface area contributed by atoms with Crippen LogP contribution in [-0.4, -0.2) is 18.6 Å². The van der Waals surface area contributed by atoms with Crippen molar-refractivity contribution in [1.82, 2.24) is 0 Å². The number of fused-ring (bicyclic) bond motifs is 1. The summed E-state index contributed by atoms with van der Waals surface area (Å²) >= 11 is 0. The SMILES string of the molecule is C[C@H]1CN(C(=O)C2CCC2)c2ccccc2O1. The summed E-state index contributed by atoms with van der Waals surface area (Å²) in [4.78, 5) is 14.3. The molecule has 1 aliphatic heterocycles. The van der Waals surface area contributed by atoms with Crippen LogP contribution in [0.5, 0.6) is 5.75 Å². The van der Waals surface area contributed by atoms with Crippen molar-refractivity contribution in [2.24, 2.45) is 5.92 Å². The van der Waals surface area contributed by atoms with Gasteiger partial charge in [0, 0.05) is 5.92 Å². The molecule has 0 saturated heterocycles. The summed E-state index contributed by atoms with van der Waals surface area (Å²) in [7, 11) is 0. The van der Waals surface area contributed by atoms with Crippen LogP contribution in [0.1, 0.15) is 26.2 Å². The van der Waals surface area contributed by atoms with Crippen molar-refractivity contribution in [3.05, 3.63) is 24.3 Å². The zero-order valence-corrected chi connectivity index (χ0v) is 10.1. The monoisotopic (exact) mass is 231 g/mol. The normalized spacial score (nSPS) is 23.6. The number of rotatable bonds is 1. The van der Waals surface area contributed by atoms with Crippen molar-refractivity contribution in [2.75, 3.05) is 11.4 Å². The molecule has 3 rings (SSSR count). The number of carbonyl (C=O) groups excluding carboxylic acids is 1. The van der Waals surface area contributed by atoms with E-state index in [-0.39, 0.29) is 17.9 Å². The molecule has 90 valence electrons. The fourth-order valence-corrected chi connectivity index (χ4v) is 2.47. The number of amides is 1. The Morgan fingerprint density at radius 3 is 2.82 bits per heavy atom. The van der Waals surface area contributed by atoms with Gasteiger partial charge in [0.05, 0.1) is 12.2 Å². The third-order valence-electron chi connectivity index (χ3n) is 3.64. The Kier molecular flexibility index (Phi) is 2.54. The summed E-state index contributed by atoms with van der Waals surface area (Å²) < 4.78 is 5.75. The van der Waals surface area contributed by atoms with Gasteiger partial charge in [0.1, 0.15) is 11.9 Å². The molecule has 0 bridgehead atoms. The lowest BCUT2D eigenvalue weighted by molar-refractivity contribution is -0.125. The topological polar surface area (TPSA) is 29.5 Å². The van der Waals surface area contributed by atoms with Gasteiger partial charge in [-0.25, -0.2) is 0 Å². The van der Waals surface area contributed by atoms with Gasteiger partial charge in [0.25, 0.3) is 0 Å². The number of hydrogen-bond acceptors (Lipinski definition) is 2. The average molecular weight is 231 g/mol. The molecular weight excluding hydrogens is 214 g/mol. The van der Waals surface area contributed by atoms with Crippen LogP contribution in [-0.2, 0) is 4.79 Å². The third-order valence-corrected chi connectivity index (χ3v) is 3.64. The lowest BCUT2D eigenvalue weighted by atomic mass is 9.84. The van der Waals surface area contributed by atoms with E-state index in [2.05, 4.69) is 0 Å². The maximum atomic E-state index is 12.4. The summed E-state index contributed by atoms with van der Waals surface area (Å²) in [6.45, 7) is 2.68. The molecule has 1 amide bonds. The standard InChI is InChI=1S/C14H17NO2/c1-10-9-15(14(16)11-5-4-6-11)12-7-2-3-8-13(12)17-10/h2-3,7-8,10-11H,4-6,9H2,1H3/t10-/m0/s1. The van der Waals surface area contributed by atoms with Gasteiger partial charge in [-0.15, -0.1) is 0 Å². The molecule has 1 heterocycles. The van der Waals surface area contributed by atoms with E-state index in [1.165, 1.54) is 6.42 Å². The highest BCUT2D eigenvalue weighted by molar-refractivity contribution is 5.97. The molecule has 0 unspecified atom stereocenters. The van der Waals surface area contributed by atoms with Crippen LogP contribution in [0.25, 0.3) is 0 Å². The Morgan fingerprint density at radius 2 is 2.12 bits per heavy atom. The van der Waals surface area contributed by atoms with E-state index < -0.39 is 0 Å². The molecule has 1 saturated carbocycles. The highest BCUT2D eigenvalue weighted by Crippen LogP contribution is 2.36. The van der Waals surface area contributed by atoms with Crippen molar-refractivity contribution in [3.63, 3.8) is 0 Å². The summed E-state index contributed by atoms with van der Waals surface area (Å²) in [5.41, 5.74) is 0.933. The molecule has 3 nitrogen and oxygen atoms in total. The highest BCUT2D eigenvalue weighted by atomic mass is 16.5. The van der Waals surface area contributed by atoms with Crippen LogP contribution in [0.4, 0.5) is 5.69 Å². The van der Waals surface area contributed by atoms with Crippen LogP contribution in [0, 0.1) is 5.92 Å². The smallest absolute Gasteiger partial charge is 0.230 e. The maximum absolute atomic E-state index is 12.4. The van der Waals surface area contributed by atoms with Gasteiger partial charge < -0.3 is 9.64 Å². The second kappa shape index (κ2) is 4.06. The second-order valence-corrected chi connectivity index (χ2v) is 4.97. The molecular formula is C14H17NO2. The number of para-hydroxylation sites is 2. The molecule has 1 aromatic rings. The van der Waals surface area contributed by atoms with Crippen LogP contribution in [0.2, 0.25) is 0 Å². The van der Waals surface area contributed by atoms with Crippen LogP contribution < -0.4 is 9.64 Å². The number of nitrogens with zero attached hydrogens (tertiary/aromatic N) is 1. The number of ether oxygens (including phenoxy) is 1. The molecule has 0 spiro atoms.